The number of piperidine rings is 1. The quantitative estimate of drug-likeness (QED) is 0.738. The van der Waals surface area contributed by atoms with E-state index in [1.54, 1.807) is 6.08 Å². The van der Waals surface area contributed by atoms with Crippen LogP contribution in [-0.4, -0.2) is 65.2 Å². The second-order valence-electron chi connectivity index (χ2n) is 10.5. The zero-order chi connectivity index (χ0) is 23.0. The predicted octanol–water partition coefficient (Wildman–Crippen LogP) is 3.32. The van der Waals surface area contributed by atoms with Gasteiger partial charge < -0.3 is 19.6 Å². The summed E-state index contributed by atoms with van der Waals surface area (Å²) in [6, 6.07) is 14.4. The molecule has 172 valence electrons. The fourth-order valence-electron chi connectivity index (χ4n) is 7.32. The highest BCUT2D eigenvalue weighted by molar-refractivity contribution is 5.92. The van der Waals surface area contributed by atoms with E-state index in [1.807, 2.05) is 36.2 Å². The number of rotatable bonds is 3. The van der Waals surface area contributed by atoms with Gasteiger partial charge in [0.25, 0.3) is 0 Å². The van der Waals surface area contributed by atoms with Crippen molar-refractivity contribution in [2.45, 2.75) is 61.8 Å². The first-order valence-electron chi connectivity index (χ1n) is 12.1. The first-order chi connectivity index (χ1) is 15.8. The molecular weight excluding hydrogens is 412 g/mol. The van der Waals surface area contributed by atoms with Crippen LogP contribution >= 0.6 is 0 Å². The summed E-state index contributed by atoms with van der Waals surface area (Å²) in [7, 11) is 4.02. The van der Waals surface area contributed by atoms with Crippen molar-refractivity contribution in [3.05, 3.63) is 70.8 Å². The fourth-order valence-corrected chi connectivity index (χ4v) is 7.32. The van der Waals surface area contributed by atoms with Crippen LogP contribution < -0.4 is 4.74 Å². The molecule has 1 spiro atoms. The molecule has 0 aromatic heterocycles. The minimum absolute atomic E-state index is 0.0246. The standard InChI is InChI=1S/C28H32N2O3/c1-18-6-4-7-19(16-18)10-11-24(31)30(3)21-12-13-28(32)23-17-20-8-5-9-22-25(20)27(28,26(21)33-22)14-15-29(23)2/h4-11,16,21,23,26,32H,12-15,17H2,1-3H3/t21-,23+,26-,27-,28?/m0/s1. The molecule has 5 nitrogen and oxygen atoms in total. The first kappa shape index (κ1) is 20.9. The van der Waals surface area contributed by atoms with Gasteiger partial charge in [-0.05, 0) is 69.5 Å². The van der Waals surface area contributed by atoms with Gasteiger partial charge in [0.2, 0.25) is 5.91 Å². The van der Waals surface area contributed by atoms with Crippen LogP contribution in [0.2, 0.25) is 0 Å². The third kappa shape index (κ3) is 2.75. The lowest BCUT2D eigenvalue weighted by Gasteiger charge is -2.64. The van der Waals surface area contributed by atoms with E-state index in [4.69, 9.17) is 4.74 Å². The second-order valence-corrected chi connectivity index (χ2v) is 10.5. The molecule has 2 heterocycles. The molecule has 1 amide bonds. The van der Waals surface area contributed by atoms with Crippen molar-refractivity contribution in [3.8, 4) is 5.75 Å². The van der Waals surface area contributed by atoms with Crippen LogP contribution in [0, 0.1) is 6.92 Å². The molecule has 2 aliphatic heterocycles. The van der Waals surface area contributed by atoms with Crippen molar-refractivity contribution >= 4 is 12.0 Å². The summed E-state index contributed by atoms with van der Waals surface area (Å²) in [6.45, 7) is 2.98. The molecule has 0 radical (unpaired) electrons. The van der Waals surface area contributed by atoms with E-state index in [9.17, 15) is 9.90 Å². The van der Waals surface area contributed by atoms with E-state index < -0.39 is 11.0 Å². The molecule has 2 aromatic rings. The normalized spacial score (nSPS) is 34.1. The first-order valence-corrected chi connectivity index (χ1v) is 12.1. The van der Waals surface area contributed by atoms with Crippen LogP contribution in [0.4, 0.5) is 0 Å². The van der Waals surface area contributed by atoms with Gasteiger partial charge in [-0.3, -0.25) is 4.79 Å². The summed E-state index contributed by atoms with van der Waals surface area (Å²) in [5.41, 5.74) is 3.42. The summed E-state index contributed by atoms with van der Waals surface area (Å²) in [5, 5.41) is 12.3. The minimum atomic E-state index is -0.831. The van der Waals surface area contributed by atoms with Crippen molar-refractivity contribution < 1.29 is 14.6 Å². The molecule has 1 saturated heterocycles. The Morgan fingerprint density at radius 3 is 2.88 bits per heavy atom. The van der Waals surface area contributed by atoms with Crippen molar-refractivity contribution in [3.63, 3.8) is 0 Å². The monoisotopic (exact) mass is 444 g/mol. The average Bonchev–Trinajstić information content (AvgIpc) is 3.14. The molecule has 2 fully saturated rings. The number of aliphatic hydroxyl groups is 1. The summed E-state index contributed by atoms with van der Waals surface area (Å²) >= 11 is 0. The van der Waals surface area contributed by atoms with Crippen molar-refractivity contribution in [1.82, 2.24) is 9.80 Å². The van der Waals surface area contributed by atoms with E-state index >= 15 is 0 Å². The van der Waals surface area contributed by atoms with Gasteiger partial charge in [-0.25, -0.2) is 0 Å². The number of benzene rings is 2. The number of nitrogens with zero attached hydrogens (tertiary/aromatic N) is 2. The van der Waals surface area contributed by atoms with Gasteiger partial charge >= 0.3 is 0 Å². The minimum Gasteiger partial charge on any atom is -0.487 e. The lowest BCUT2D eigenvalue weighted by atomic mass is 9.48. The predicted molar refractivity (Wildman–Crippen MR) is 128 cm³/mol. The molecule has 2 aliphatic carbocycles. The molecule has 4 aliphatic rings. The zero-order valence-electron chi connectivity index (χ0n) is 19.6. The maximum Gasteiger partial charge on any atom is 0.246 e. The molecule has 5 heteroatoms. The Morgan fingerprint density at radius 1 is 1.24 bits per heavy atom. The van der Waals surface area contributed by atoms with Gasteiger partial charge in [-0.1, -0.05) is 42.0 Å². The molecule has 33 heavy (non-hydrogen) atoms. The number of likely N-dealkylation sites (N-methyl/N-ethyl adjacent to an activating group) is 2. The summed E-state index contributed by atoms with van der Waals surface area (Å²) in [5.74, 6) is 0.880. The molecule has 1 N–H and O–H groups in total. The molecule has 6 rings (SSSR count). The van der Waals surface area contributed by atoms with Gasteiger partial charge in [-0.2, -0.15) is 0 Å². The Hall–Kier alpha value is -2.63. The molecule has 1 saturated carbocycles. The third-order valence-corrected chi connectivity index (χ3v) is 8.90. The number of carbonyl (C=O) groups is 1. The van der Waals surface area contributed by atoms with Gasteiger partial charge in [-0.15, -0.1) is 0 Å². The second kappa shape index (κ2) is 7.18. The fraction of sp³-hybridized carbons (Fsp3) is 0.464. The maximum absolute atomic E-state index is 13.2. The highest BCUT2D eigenvalue weighted by atomic mass is 16.5. The van der Waals surface area contributed by atoms with Crippen LogP contribution in [0.25, 0.3) is 6.08 Å². The molecular formula is C28H32N2O3. The van der Waals surface area contributed by atoms with Gasteiger partial charge in [0.05, 0.1) is 17.1 Å². The largest absolute Gasteiger partial charge is 0.487 e. The number of hydrogen-bond donors (Lipinski definition) is 1. The Morgan fingerprint density at radius 2 is 2.06 bits per heavy atom. The summed E-state index contributed by atoms with van der Waals surface area (Å²) in [4.78, 5) is 17.4. The number of ether oxygens (including phenoxy) is 1. The topological polar surface area (TPSA) is 53.0 Å². The lowest BCUT2D eigenvalue weighted by molar-refractivity contribution is -0.195. The molecule has 1 unspecified atom stereocenters. The molecule has 2 bridgehead atoms. The van der Waals surface area contributed by atoms with E-state index in [0.717, 1.165) is 37.1 Å². The number of aryl methyl sites for hydroxylation is 1. The highest BCUT2D eigenvalue weighted by Gasteiger charge is 2.72. The van der Waals surface area contributed by atoms with Crippen LogP contribution in [0.1, 0.15) is 41.5 Å². The Kier molecular flexibility index (Phi) is 4.56. The SMILES string of the molecule is Cc1cccc(C=CC(=O)N(C)[C@H]2CCC3(O)[C@H]4Cc5cccc6c5[C@@]3(CCN4C)[C@H]2O6)c1. The highest BCUT2D eigenvalue weighted by Crippen LogP contribution is 2.64. The van der Waals surface area contributed by atoms with Gasteiger partial charge in [0, 0.05) is 24.7 Å². The number of likely N-dealkylation sites (tertiary alicyclic amines) is 1. The van der Waals surface area contributed by atoms with Crippen molar-refractivity contribution in [2.75, 3.05) is 20.6 Å². The summed E-state index contributed by atoms with van der Waals surface area (Å²) < 4.78 is 6.64. The maximum atomic E-state index is 13.2. The summed E-state index contributed by atoms with van der Waals surface area (Å²) in [6.07, 6.45) is 6.44. The smallest absolute Gasteiger partial charge is 0.246 e. The van der Waals surface area contributed by atoms with Gasteiger partial charge in [0.15, 0.2) is 0 Å². The number of hydrogen-bond acceptors (Lipinski definition) is 4. The van der Waals surface area contributed by atoms with Crippen LogP contribution in [0.15, 0.2) is 48.5 Å². The zero-order valence-corrected chi connectivity index (χ0v) is 19.6. The average molecular weight is 445 g/mol. The van der Waals surface area contributed by atoms with Gasteiger partial charge in [0.1, 0.15) is 11.9 Å². The van der Waals surface area contributed by atoms with Crippen LogP contribution in [0.3, 0.4) is 0 Å². The van der Waals surface area contributed by atoms with E-state index in [0.29, 0.717) is 6.42 Å². The Bertz CT molecular complexity index is 1160. The van der Waals surface area contributed by atoms with Crippen LogP contribution in [0.5, 0.6) is 5.75 Å². The van der Waals surface area contributed by atoms with Crippen molar-refractivity contribution in [2.24, 2.45) is 0 Å². The number of carbonyl (C=O) groups excluding carboxylic acids is 1. The molecule has 2 aromatic carbocycles. The molecule has 5 atom stereocenters. The van der Waals surface area contributed by atoms with Crippen LogP contribution in [-0.2, 0) is 16.6 Å². The Labute approximate surface area is 195 Å². The lowest BCUT2D eigenvalue weighted by Crippen LogP contribution is -2.77. The Balaban J connectivity index is 1.36. The van der Waals surface area contributed by atoms with E-state index in [2.05, 4.69) is 43.1 Å². The van der Waals surface area contributed by atoms with Crippen molar-refractivity contribution in [1.29, 1.82) is 0 Å². The van der Waals surface area contributed by atoms with E-state index in [-0.39, 0.29) is 24.1 Å². The third-order valence-electron chi connectivity index (χ3n) is 8.90. The van der Waals surface area contributed by atoms with E-state index in [1.165, 1.54) is 16.7 Å². The number of amides is 1.